The van der Waals surface area contributed by atoms with E-state index in [9.17, 15) is 19.7 Å². The molecular weight excluding hydrogens is 556 g/mol. The summed E-state index contributed by atoms with van der Waals surface area (Å²) in [6.07, 6.45) is 2.69. The molecule has 2 heterocycles. The number of rotatable bonds is 10. The van der Waals surface area contributed by atoms with Gasteiger partial charge in [-0.3, -0.25) is 24.7 Å². The first-order valence-electron chi connectivity index (χ1n) is 14.9. The molecule has 0 aliphatic carbocycles. The molecule has 9 nitrogen and oxygen atoms in total. The monoisotopic (exact) mass is 594 g/mol. The number of nitrogens with zero attached hydrogens (tertiary/aromatic N) is 4. The molecule has 0 radical (unpaired) electrons. The molecule has 2 aliphatic heterocycles. The molecule has 3 aromatic rings. The van der Waals surface area contributed by atoms with Crippen LogP contribution in [0.25, 0.3) is 0 Å². The molecule has 5 rings (SSSR count). The predicted molar refractivity (Wildman–Crippen MR) is 169 cm³/mol. The number of benzene rings is 3. The van der Waals surface area contributed by atoms with Gasteiger partial charge in [-0.15, -0.1) is 0 Å². The smallest absolute Gasteiger partial charge is 0.315 e. The maximum Gasteiger partial charge on any atom is 0.315 e. The van der Waals surface area contributed by atoms with Crippen molar-refractivity contribution in [3.05, 3.63) is 123 Å². The number of likely N-dealkylation sites (tertiary alicyclic amines) is 1. The van der Waals surface area contributed by atoms with Gasteiger partial charge in [0.2, 0.25) is 6.41 Å². The molecule has 9 heteroatoms. The Morgan fingerprint density at radius 2 is 1.57 bits per heavy atom. The average Bonchev–Trinajstić information content (AvgIpc) is 3.06. The highest BCUT2D eigenvalue weighted by Gasteiger charge is 2.42. The Balaban J connectivity index is 1.38. The third-order valence-electron chi connectivity index (χ3n) is 9.17. The van der Waals surface area contributed by atoms with Crippen LogP contribution < -0.4 is 0 Å². The van der Waals surface area contributed by atoms with Gasteiger partial charge in [0.05, 0.1) is 23.4 Å². The van der Waals surface area contributed by atoms with E-state index in [1.165, 1.54) is 30.4 Å². The van der Waals surface area contributed by atoms with E-state index in [2.05, 4.69) is 58.4 Å². The lowest BCUT2D eigenvalue weighted by atomic mass is 9.68. The number of hydrogen-bond acceptors (Lipinski definition) is 7. The second-order valence-corrected chi connectivity index (χ2v) is 11.5. The van der Waals surface area contributed by atoms with Gasteiger partial charge in [0.25, 0.3) is 5.69 Å². The predicted octanol–water partition coefficient (Wildman–Crippen LogP) is 5.71. The highest BCUT2D eigenvalue weighted by molar-refractivity contribution is 6.03. The Labute approximate surface area is 258 Å². The average molecular weight is 595 g/mol. The number of hydrogen-bond donors (Lipinski definition) is 0. The van der Waals surface area contributed by atoms with Crippen LogP contribution in [-0.4, -0.2) is 66.1 Å². The Hall–Kier alpha value is -4.63. The summed E-state index contributed by atoms with van der Waals surface area (Å²) in [6.45, 7) is 6.38. The molecule has 1 fully saturated rings. The highest BCUT2D eigenvalue weighted by Crippen LogP contribution is 2.43. The third kappa shape index (κ3) is 6.05. The summed E-state index contributed by atoms with van der Waals surface area (Å²) in [5.74, 6) is -1.83. The Morgan fingerprint density at radius 3 is 2.07 bits per heavy atom. The molecule has 0 saturated carbocycles. The fourth-order valence-corrected chi connectivity index (χ4v) is 6.89. The summed E-state index contributed by atoms with van der Waals surface area (Å²) in [5, 5.41) is 11.3. The summed E-state index contributed by atoms with van der Waals surface area (Å²) in [4.78, 5) is 45.2. The number of carbonyl (C=O) groups excluding carboxylic acids is 2. The van der Waals surface area contributed by atoms with Gasteiger partial charge >= 0.3 is 5.97 Å². The zero-order valence-electron chi connectivity index (χ0n) is 25.4. The van der Waals surface area contributed by atoms with Crippen LogP contribution in [0.2, 0.25) is 0 Å². The van der Waals surface area contributed by atoms with Gasteiger partial charge in [-0.2, -0.15) is 0 Å². The lowest BCUT2D eigenvalue weighted by Gasteiger charge is -2.43. The van der Waals surface area contributed by atoms with Gasteiger partial charge in [-0.1, -0.05) is 72.8 Å². The Bertz CT molecular complexity index is 1500. The summed E-state index contributed by atoms with van der Waals surface area (Å²) < 4.78 is 5.15. The number of nitro groups is 1. The topological polar surface area (TPSA) is 105 Å². The molecular formula is C35H38N4O5. The quantitative estimate of drug-likeness (QED) is 0.129. The van der Waals surface area contributed by atoms with Crippen molar-refractivity contribution in [3.63, 3.8) is 0 Å². The van der Waals surface area contributed by atoms with Crippen LogP contribution in [0.5, 0.6) is 0 Å². The van der Waals surface area contributed by atoms with Gasteiger partial charge in [0.1, 0.15) is 5.92 Å². The molecule has 2 unspecified atom stereocenters. The number of aliphatic imine (C=N–C) groups is 1. The lowest BCUT2D eigenvalue weighted by molar-refractivity contribution is -0.384. The van der Waals surface area contributed by atoms with E-state index in [4.69, 9.17) is 4.74 Å². The van der Waals surface area contributed by atoms with E-state index < -0.39 is 22.7 Å². The first kappa shape index (κ1) is 30.8. The minimum atomic E-state index is -0.769. The van der Waals surface area contributed by atoms with E-state index in [1.54, 1.807) is 24.0 Å². The second kappa shape index (κ2) is 13.3. The number of ether oxygens (including phenoxy) is 1. The normalized spacial score (nSPS) is 20.0. The number of amides is 1. The molecule has 228 valence electrons. The molecule has 0 N–H and O–H groups in total. The highest BCUT2D eigenvalue weighted by atomic mass is 16.6. The zero-order chi connectivity index (χ0) is 31.3. The maximum atomic E-state index is 13.1. The minimum absolute atomic E-state index is 0.0498. The molecule has 44 heavy (non-hydrogen) atoms. The van der Waals surface area contributed by atoms with Crippen molar-refractivity contribution in [1.82, 2.24) is 9.80 Å². The Kier molecular flexibility index (Phi) is 9.35. The van der Waals surface area contributed by atoms with E-state index in [1.807, 2.05) is 19.1 Å². The summed E-state index contributed by atoms with van der Waals surface area (Å²) in [6, 6.07) is 27.5. The van der Waals surface area contributed by atoms with Crippen LogP contribution in [0.4, 0.5) is 5.69 Å². The maximum absolute atomic E-state index is 13.1. The van der Waals surface area contributed by atoms with E-state index in [0.29, 0.717) is 35.8 Å². The minimum Gasteiger partial charge on any atom is -0.468 e. The van der Waals surface area contributed by atoms with E-state index >= 15 is 0 Å². The first-order chi connectivity index (χ1) is 21.3. The number of non-ortho nitro benzene ring substituents is 1. The molecule has 0 aromatic heterocycles. The number of nitro benzene ring substituents is 1. The lowest BCUT2D eigenvalue weighted by Crippen LogP contribution is -2.46. The molecule has 1 saturated heterocycles. The fraction of sp³-hybridized carbons (Fsp3) is 0.343. The second-order valence-electron chi connectivity index (χ2n) is 11.5. The van der Waals surface area contributed by atoms with Crippen molar-refractivity contribution in [2.75, 3.05) is 33.3 Å². The van der Waals surface area contributed by atoms with Crippen molar-refractivity contribution in [1.29, 1.82) is 0 Å². The number of esters is 1. The number of carbonyl (C=O) groups is 2. The largest absolute Gasteiger partial charge is 0.468 e. The van der Waals surface area contributed by atoms with Gasteiger partial charge in [-0.05, 0) is 56.5 Å². The van der Waals surface area contributed by atoms with Crippen LogP contribution in [-0.2, 0) is 19.7 Å². The van der Waals surface area contributed by atoms with Crippen LogP contribution in [0.15, 0.2) is 101 Å². The van der Waals surface area contributed by atoms with Crippen molar-refractivity contribution in [3.8, 4) is 0 Å². The number of allylic oxidation sites excluding steroid dienone is 2. The molecule has 2 atom stereocenters. The van der Waals surface area contributed by atoms with Gasteiger partial charge in [0, 0.05) is 42.3 Å². The molecule has 3 aromatic carbocycles. The standard InChI is InChI=1S/C35H38N4O5/c1-25-31(34(41)44-3)32(27-14-16-30(17-15-27)39(42)43)33(26(2)36-25)38(24-40)23-22-37-20-18-35(19-21-37,28-10-6-4-7-11-28)29-12-8-5-9-13-29/h4-17,24,31-32H,18-23H2,1-3H3. The van der Waals surface area contributed by atoms with Gasteiger partial charge in [0.15, 0.2) is 0 Å². The van der Waals surface area contributed by atoms with Crippen LogP contribution in [0, 0.1) is 16.0 Å². The zero-order valence-corrected chi connectivity index (χ0v) is 25.4. The van der Waals surface area contributed by atoms with Gasteiger partial charge < -0.3 is 14.5 Å². The number of piperidine rings is 1. The SMILES string of the molecule is COC(=O)C1C(C)=NC(C)=C(N(C=O)CCN2CCC(c3ccccc3)(c3ccccc3)CC2)C1c1ccc([N+](=O)[O-])cc1. The van der Waals surface area contributed by atoms with Gasteiger partial charge in [-0.25, -0.2) is 0 Å². The van der Waals surface area contributed by atoms with Crippen molar-refractivity contribution in [2.24, 2.45) is 10.9 Å². The first-order valence-corrected chi connectivity index (χ1v) is 14.9. The summed E-state index contributed by atoms with van der Waals surface area (Å²) in [7, 11) is 1.33. The Morgan fingerprint density at radius 1 is 1.00 bits per heavy atom. The van der Waals surface area contributed by atoms with E-state index in [-0.39, 0.29) is 11.1 Å². The van der Waals surface area contributed by atoms with Crippen LogP contribution in [0.1, 0.15) is 49.3 Å². The van der Waals surface area contributed by atoms with E-state index in [0.717, 1.165) is 32.3 Å². The molecule has 2 aliphatic rings. The fourth-order valence-electron chi connectivity index (χ4n) is 6.89. The molecule has 0 spiro atoms. The summed E-state index contributed by atoms with van der Waals surface area (Å²) in [5.41, 5.74) is 4.99. The van der Waals surface area contributed by atoms with Crippen LogP contribution >= 0.6 is 0 Å². The molecule has 0 bridgehead atoms. The van der Waals surface area contributed by atoms with Crippen molar-refractivity contribution < 1.29 is 19.2 Å². The summed E-state index contributed by atoms with van der Waals surface area (Å²) >= 11 is 0. The van der Waals surface area contributed by atoms with Crippen molar-refractivity contribution in [2.45, 2.75) is 38.0 Å². The van der Waals surface area contributed by atoms with Crippen molar-refractivity contribution >= 4 is 23.8 Å². The van der Waals surface area contributed by atoms with Crippen LogP contribution in [0.3, 0.4) is 0 Å². The molecule has 1 amide bonds. The number of methoxy groups -OCH3 is 1. The third-order valence-corrected chi connectivity index (χ3v) is 9.17.